The van der Waals surface area contributed by atoms with E-state index >= 15 is 0 Å². The number of hydrogen-bond acceptors (Lipinski definition) is 7. The Morgan fingerprint density at radius 3 is 2.76 bits per heavy atom. The fraction of sp³-hybridized carbons (Fsp3) is 0.350. The Balaban J connectivity index is 1.32. The number of nitrogens with zero attached hydrogens (tertiary/aromatic N) is 5. The summed E-state index contributed by atoms with van der Waals surface area (Å²) in [5.41, 5.74) is 0.519. The second kappa shape index (κ2) is 8.26. The highest BCUT2D eigenvalue weighted by atomic mass is 16.5. The van der Waals surface area contributed by atoms with E-state index in [2.05, 4.69) is 15.2 Å². The number of benzene rings is 1. The van der Waals surface area contributed by atoms with E-state index in [-0.39, 0.29) is 24.0 Å². The molecule has 0 bridgehead atoms. The molecule has 1 amide bonds. The number of carbonyl (C=O) groups excluding carboxylic acids is 1. The minimum atomic E-state index is -0.135. The summed E-state index contributed by atoms with van der Waals surface area (Å²) in [6.45, 7) is 1.39. The Kier molecular flexibility index (Phi) is 5.37. The van der Waals surface area contributed by atoms with Gasteiger partial charge in [0.1, 0.15) is 6.10 Å². The molecule has 0 radical (unpaired) electrons. The van der Waals surface area contributed by atoms with Crippen LogP contribution in [0.3, 0.4) is 0 Å². The summed E-state index contributed by atoms with van der Waals surface area (Å²) in [4.78, 5) is 31.1. The number of likely N-dealkylation sites (tertiary alicyclic amines) is 1. The molecule has 1 atom stereocenters. The highest BCUT2D eigenvalue weighted by molar-refractivity contribution is 5.77. The second-order valence-electron chi connectivity index (χ2n) is 6.79. The molecule has 1 saturated heterocycles. The predicted molar refractivity (Wildman–Crippen MR) is 105 cm³/mol. The van der Waals surface area contributed by atoms with Crippen LogP contribution in [0.4, 0.5) is 0 Å². The van der Waals surface area contributed by atoms with Crippen LogP contribution in [-0.2, 0) is 11.3 Å². The van der Waals surface area contributed by atoms with Crippen LogP contribution in [0.25, 0.3) is 10.9 Å². The van der Waals surface area contributed by atoms with E-state index in [1.165, 1.54) is 18.0 Å². The van der Waals surface area contributed by atoms with Crippen molar-refractivity contribution in [3.05, 3.63) is 53.1 Å². The van der Waals surface area contributed by atoms with E-state index in [1.54, 1.807) is 35.2 Å². The van der Waals surface area contributed by atoms with Crippen LogP contribution in [0.5, 0.6) is 11.8 Å². The first-order chi connectivity index (χ1) is 14.1. The third kappa shape index (κ3) is 4.18. The number of carbonyl (C=O) groups is 1. The molecule has 4 rings (SSSR count). The summed E-state index contributed by atoms with van der Waals surface area (Å²) < 4.78 is 12.3. The van der Waals surface area contributed by atoms with Crippen molar-refractivity contribution in [3.8, 4) is 11.8 Å². The Morgan fingerprint density at radius 2 is 1.97 bits per heavy atom. The molecule has 2 aromatic heterocycles. The zero-order chi connectivity index (χ0) is 20.2. The lowest BCUT2D eigenvalue weighted by Crippen LogP contribution is -2.32. The number of para-hydroxylation sites is 1. The smallest absolute Gasteiger partial charge is 0.261 e. The van der Waals surface area contributed by atoms with Crippen molar-refractivity contribution in [2.75, 3.05) is 20.2 Å². The fourth-order valence-electron chi connectivity index (χ4n) is 3.34. The van der Waals surface area contributed by atoms with Gasteiger partial charge in [0.15, 0.2) is 0 Å². The van der Waals surface area contributed by atoms with E-state index in [0.717, 1.165) is 6.42 Å². The quantitative estimate of drug-likeness (QED) is 0.620. The monoisotopic (exact) mass is 395 g/mol. The number of aromatic nitrogens is 4. The molecule has 29 heavy (non-hydrogen) atoms. The number of methoxy groups -OCH3 is 1. The molecule has 3 heterocycles. The second-order valence-corrected chi connectivity index (χ2v) is 6.79. The van der Waals surface area contributed by atoms with Crippen molar-refractivity contribution >= 4 is 16.8 Å². The van der Waals surface area contributed by atoms with E-state index < -0.39 is 0 Å². The van der Waals surface area contributed by atoms with Gasteiger partial charge in [0.2, 0.25) is 17.7 Å². The van der Waals surface area contributed by atoms with Gasteiger partial charge in [-0.25, -0.2) is 4.98 Å². The third-order valence-corrected chi connectivity index (χ3v) is 4.91. The number of ether oxygens (including phenoxy) is 2. The first kappa shape index (κ1) is 18.9. The number of hydrogen-bond donors (Lipinski definition) is 0. The van der Waals surface area contributed by atoms with Crippen LogP contribution in [-0.4, -0.2) is 56.9 Å². The summed E-state index contributed by atoms with van der Waals surface area (Å²) in [5, 5.41) is 8.37. The van der Waals surface area contributed by atoms with Gasteiger partial charge in [-0.1, -0.05) is 12.1 Å². The maximum absolute atomic E-state index is 12.6. The lowest BCUT2D eigenvalue weighted by Gasteiger charge is -2.17. The lowest BCUT2D eigenvalue weighted by molar-refractivity contribution is -0.130. The molecule has 150 valence electrons. The molecule has 0 unspecified atom stereocenters. The molecule has 0 N–H and O–H groups in total. The van der Waals surface area contributed by atoms with Crippen molar-refractivity contribution in [2.24, 2.45) is 0 Å². The van der Waals surface area contributed by atoms with Crippen LogP contribution >= 0.6 is 0 Å². The maximum atomic E-state index is 12.6. The molecule has 0 aliphatic carbocycles. The van der Waals surface area contributed by atoms with Gasteiger partial charge < -0.3 is 14.4 Å². The first-order valence-electron chi connectivity index (χ1n) is 9.40. The molecule has 1 aliphatic heterocycles. The van der Waals surface area contributed by atoms with E-state index in [1.807, 2.05) is 6.07 Å². The van der Waals surface area contributed by atoms with Crippen molar-refractivity contribution in [2.45, 2.75) is 25.5 Å². The van der Waals surface area contributed by atoms with Crippen molar-refractivity contribution in [3.63, 3.8) is 0 Å². The van der Waals surface area contributed by atoms with Gasteiger partial charge in [-0.15, -0.1) is 10.2 Å². The maximum Gasteiger partial charge on any atom is 0.261 e. The molecule has 9 nitrogen and oxygen atoms in total. The molecular formula is C20H21N5O4. The van der Waals surface area contributed by atoms with Gasteiger partial charge in [0.05, 0.1) is 30.9 Å². The fourth-order valence-corrected chi connectivity index (χ4v) is 3.34. The van der Waals surface area contributed by atoms with Crippen molar-refractivity contribution < 1.29 is 14.3 Å². The van der Waals surface area contributed by atoms with Crippen LogP contribution in [0.2, 0.25) is 0 Å². The Hall–Kier alpha value is -3.49. The molecule has 1 aliphatic rings. The molecule has 0 spiro atoms. The third-order valence-electron chi connectivity index (χ3n) is 4.91. The molecule has 9 heteroatoms. The predicted octanol–water partition coefficient (Wildman–Crippen LogP) is 1.27. The first-order valence-corrected chi connectivity index (χ1v) is 9.40. The topological polar surface area (TPSA) is 99.4 Å². The lowest BCUT2D eigenvalue weighted by atomic mass is 10.2. The molecule has 1 aromatic carbocycles. The summed E-state index contributed by atoms with van der Waals surface area (Å²) in [6, 6.07) is 10.5. The summed E-state index contributed by atoms with van der Waals surface area (Å²) in [7, 11) is 1.52. The normalized spacial score (nSPS) is 16.2. The Labute approximate surface area is 166 Å². The van der Waals surface area contributed by atoms with Gasteiger partial charge >= 0.3 is 0 Å². The highest BCUT2D eigenvalue weighted by Crippen LogP contribution is 2.18. The minimum Gasteiger partial charge on any atom is -0.480 e. The number of aryl methyl sites for hydroxylation is 1. The molecule has 0 saturated carbocycles. The van der Waals surface area contributed by atoms with Crippen molar-refractivity contribution in [1.29, 1.82) is 0 Å². The van der Waals surface area contributed by atoms with E-state index in [9.17, 15) is 9.59 Å². The van der Waals surface area contributed by atoms with Crippen LogP contribution in [0.1, 0.15) is 12.8 Å². The average Bonchev–Trinajstić information content (AvgIpc) is 3.22. The van der Waals surface area contributed by atoms with Gasteiger partial charge in [-0.2, -0.15) is 0 Å². The number of amides is 1. The van der Waals surface area contributed by atoms with Crippen LogP contribution in [0, 0.1) is 0 Å². The highest BCUT2D eigenvalue weighted by Gasteiger charge is 2.27. The summed E-state index contributed by atoms with van der Waals surface area (Å²) in [6.07, 6.45) is 2.31. The van der Waals surface area contributed by atoms with Crippen LogP contribution in [0.15, 0.2) is 47.5 Å². The Morgan fingerprint density at radius 1 is 1.17 bits per heavy atom. The minimum absolute atomic E-state index is 0.0167. The van der Waals surface area contributed by atoms with Crippen LogP contribution < -0.4 is 15.0 Å². The van der Waals surface area contributed by atoms with E-state index in [4.69, 9.17) is 9.47 Å². The molecule has 3 aromatic rings. The average molecular weight is 395 g/mol. The molecule has 1 fully saturated rings. The molecular weight excluding hydrogens is 374 g/mol. The van der Waals surface area contributed by atoms with Gasteiger partial charge in [0.25, 0.3) is 5.56 Å². The van der Waals surface area contributed by atoms with E-state index in [0.29, 0.717) is 42.3 Å². The van der Waals surface area contributed by atoms with Gasteiger partial charge in [-0.3, -0.25) is 14.2 Å². The number of rotatable bonds is 6. The standard InChI is InChI=1S/C20H21N5O4/c1-28-17-6-7-18(23-22-17)29-14-8-10-24(12-14)19(26)9-11-25-13-21-16-5-3-2-4-15(16)20(25)27/h2-7,13-14H,8-12H2,1H3/t14-/m1/s1. The summed E-state index contributed by atoms with van der Waals surface area (Å²) in [5.74, 6) is 0.801. The van der Waals surface area contributed by atoms with Gasteiger partial charge in [-0.05, 0) is 12.1 Å². The zero-order valence-electron chi connectivity index (χ0n) is 16.0. The summed E-state index contributed by atoms with van der Waals surface area (Å²) >= 11 is 0. The SMILES string of the molecule is COc1ccc(O[C@@H]2CCN(C(=O)CCn3cnc4ccccc4c3=O)C2)nn1. The Bertz CT molecular complexity index is 1070. The number of fused-ring (bicyclic) bond motifs is 1. The van der Waals surface area contributed by atoms with Crippen molar-refractivity contribution in [1.82, 2.24) is 24.6 Å². The van der Waals surface area contributed by atoms with Gasteiger partial charge in [0, 0.05) is 38.1 Å². The zero-order valence-corrected chi connectivity index (χ0v) is 16.0. The largest absolute Gasteiger partial charge is 0.480 e.